The first-order valence-corrected chi connectivity index (χ1v) is 34.7. The van der Waals surface area contributed by atoms with Crippen LogP contribution in [0.15, 0.2) is 110 Å². The van der Waals surface area contributed by atoms with Crippen LogP contribution in [0.25, 0.3) is 11.1 Å². The predicted molar refractivity (Wildman–Crippen MR) is 383 cm³/mol. The molecule has 5 aromatic rings. The van der Waals surface area contributed by atoms with Crippen molar-refractivity contribution < 1.29 is 86.8 Å². The Morgan fingerprint density at radius 3 is 2.14 bits per heavy atom. The molecule has 6 rings (SSSR count). The summed E-state index contributed by atoms with van der Waals surface area (Å²) in [6.07, 6.45) is -0.554. The first-order chi connectivity index (χ1) is 50.3. The van der Waals surface area contributed by atoms with E-state index in [1.54, 1.807) is 19.2 Å². The number of nitrogens with zero attached hydrogens (tertiary/aromatic N) is 1. The molecule has 0 spiro atoms. The van der Waals surface area contributed by atoms with E-state index in [0.29, 0.717) is 36.3 Å². The fraction of sp³-hybridized carbons (Fsp3) is 0.452. The van der Waals surface area contributed by atoms with Gasteiger partial charge in [-0.05, 0) is 131 Å². The van der Waals surface area contributed by atoms with Crippen LogP contribution in [0.3, 0.4) is 0 Å². The van der Waals surface area contributed by atoms with E-state index in [-0.39, 0.29) is 50.6 Å². The molecular formula is C73H96FN15O17. The quantitative estimate of drug-likeness (QED) is 0.0249. The van der Waals surface area contributed by atoms with E-state index in [0.717, 1.165) is 42.2 Å². The van der Waals surface area contributed by atoms with Gasteiger partial charge in [-0.1, -0.05) is 85.8 Å². The molecular weight excluding hydrogens is 1380 g/mol. The summed E-state index contributed by atoms with van der Waals surface area (Å²) in [6.45, 7) is 4.47. The average molecular weight is 1470 g/mol. The van der Waals surface area contributed by atoms with Crippen molar-refractivity contribution in [1.29, 1.82) is 0 Å². The number of benzene rings is 4. The van der Waals surface area contributed by atoms with Crippen molar-refractivity contribution in [3.63, 3.8) is 0 Å². The summed E-state index contributed by atoms with van der Waals surface area (Å²) in [4.78, 5) is 187. The second kappa shape index (κ2) is 40.2. The van der Waals surface area contributed by atoms with Crippen LogP contribution in [-0.2, 0) is 94.4 Å². The summed E-state index contributed by atoms with van der Waals surface area (Å²) in [5.74, 6) is -14.1. The number of methoxy groups -OCH3 is 1. The van der Waals surface area contributed by atoms with Gasteiger partial charge < -0.3 is 95.0 Å². The van der Waals surface area contributed by atoms with Crippen LogP contribution in [0.4, 0.5) is 4.39 Å². The van der Waals surface area contributed by atoms with Crippen molar-refractivity contribution in [3.05, 3.63) is 143 Å². The standard InChI is InChI=1S/C73H96FN15O17/c1-7-44-33-48(106-6)27-28-49(44)45-25-23-43(24-26-45)32-55(65(99)82-52(62(76)96)22-15-18-42-16-9-8-10-17-42)83-66(100)56-35-58(92)78-31-14-13-21-53(68(102)89-73(5,36-46-19-11-12-20-50(46)74)71(105)87-61(41(2)91)69(103)85-57(39-90)67(101)84-56)81-59(93)38-79-64(98)54(29-30-60(94)95)86-70(104)72(3,4)88-63(97)51(75)34-47-37-77-40-80-47/h8-12,16-17,19-20,23-28,33,37,40-41,51-57,61,90-91H,7,13-15,18,21-22,29-32,34-36,38-39,75H2,1-6H3,(H2,76,96)(H,77,80)(H,78,92)(H,79,98)(H,81,93)(H,82,99)(H,83,100)(H,84,101)(H,85,103)(H,86,104)(H,87,105)(H,88,97)(H,89,102)(H,94,95)/t41-,51+,52+,53+,54+,55+,56+,57+,61+,73+/m1/s1. The maximum absolute atomic E-state index is 15.6. The van der Waals surface area contributed by atoms with Crippen LogP contribution in [-0.4, -0.2) is 194 Å². The van der Waals surface area contributed by atoms with E-state index in [1.165, 1.54) is 44.6 Å². The van der Waals surface area contributed by atoms with Crippen molar-refractivity contribution in [2.24, 2.45) is 11.5 Å². The van der Waals surface area contributed by atoms with Crippen LogP contribution >= 0.6 is 0 Å². The van der Waals surface area contributed by atoms with Crippen LogP contribution in [0.2, 0.25) is 0 Å². The summed E-state index contributed by atoms with van der Waals surface area (Å²) in [6, 6.07) is 14.0. The summed E-state index contributed by atoms with van der Waals surface area (Å²) in [5, 5.41) is 58.4. The minimum absolute atomic E-state index is 0.0105. The number of carboxylic acid groups (broad SMARTS) is 1. The molecule has 0 saturated carbocycles. The molecule has 4 aromatic carbocycles. The fourth-order valence-corrected chi connectivity index (χ4v) is 11.5. The Morgan fingerprint density at radius 2 is 1.50 bits per heavy atom. The Balaban J connectivity index is 1.28. The highest BCUT2D eigenvalue weighted by Gasteiger charge is 2.42. The Kier molecular flexibility index (Phi) is 31.7. The number of carbonyl (C=O) groups excluding carboxylic acids is 12. The number of hydrogen-bond donors (Lipinski definition) is 17. The van der Waals surface area contributed by atoms with Gasteiger partial charge in [-0.15, -0.1) is 0 Å². The summed E-state index contributed by atoms with van der Waals surface area (Å²) >= 11 is 0. The molecule has 10 atom stereocenters. The van der Waals surface area contributed by atoms with Gasteiger partial charge in [0.05, 0.1) is 45.2 Å². The minimum Gasteiger partial charge on any atom is -0.497 e. The van der Waals surface area contributed by atoms with Gasteiger partial charge in [0.25, 0.3) is 0 Å². The zero-order valence-electron chi connectivity index (χ0n) is 59.9. The maximum atomic E-state index is 15.6. The number of rotatable bonds is 31. The van der Waals surface area contributed by atoms with E-state index in [9.17, 15) is 77.6 Å². The number of primary amides is 1. The van der Waals surface area contributed by atoms with Crippen molar-refractivity contribution in [1.82, 2.24) is 68.5 Å². The van der Waals surface area contributed by atoms with Gasteiger partial charge in [-0.2, -0.15) is 0 Å². The monoisotopic (exact) mass is 1470 g/mol. The number of nitrogens with two attached hydrogens (primary N) is 2. The number of ether oxygens (including phenoxy) is 1. The van der Waals surface area contributed by atoms with Gasteiger partial charge in [0.15, 0.2) is 0 Å². The molecule has 12 amide bonds. The maximum Gasteiger partial charge on any atom is 0.303 e. The number of aryl methyl sites for hydroxylation is 2. The summed E-state index contributed by atoms with van der Waals surface area (Å²) in [7, 11) is 1.56. The molecule has 33 heteroatoms. The van der Waals surface area contributed by atoms with E-state index in [1.807, 2.05) is 67.6 Å². The molecule has 1 aliphatic heterocycles. The number of aliphatic carboxylic acids is 1. The number of carbonyl (C=O) groups is 13. The second-order valence-corrected chi connectivity index (χ2v) is 26.6. The highest BCUT2D eigenvalue weighted by molar-refractivity contribution is 6.01. The topological polar surface area (TPSA) is 505 Å². The lowest BCUT2D eigenvalue weighted by molar-refractivity contribution is -0.139. The molecule has 32 nitrogen and oxygen atoms in total. The zero-order chi connectivity index (χ0) is 77.8. The number of amides is 12. The number of aliphatic hydroxyl groups excluding tert-OH is 2. The molecule has 0 unspecified atom stereocenters. The minimum atomic E-state index is -2.29. The number of hydrogen-bond acceptors (Lipinski definition) is 18. The smallest absolute Gasteiger partial charge is 0.303 e. The molecule has 1 fully saturated rings. The Bertz CT molecular complexity index is 3900. The molecule has 2 heterocycles. The normalized spacial score (nSPS) is 19.2. The van der Waals surface area contributed by atoms with Gasteiger partial charge in [0, 0.05) is 44.1 Å². The molecule has 0 bridgehead atoms. The van der Waals surface area contributed by atoms with Crippen LogP contribution < -0.4 is 74.7 Å². The molecule has 1 aromatic heterocycles. The van der Waals surface area contributed by atoms with Crippen LogP contribution in [0.1, 0.15) is 114 Å². The first-order valence-electron chi connectivity index (χ1n) is 34.7. The molecule has 19 N–H and O–H groups in total. The van der Waals surface area contributed by atoms with Crippen LogP contribution in [0.5, 0.6) is 5.75 Å². The summed E-state index contributed by atoms with van der Waals surface area (Å²) < 4.78 is 21.0. The van der Waals surface area contributed by atoms with Crippen LogP contribution in [0, 0.1) is 5.82 Å². The third-order valence-corrected chi connectivity index (χ3v) is 17.7. The molecule has 1 saturated heterocycles. The van der Waals surface area contributed by atoms with Gasteiger partial charge >= 0.3 is 5.97 Å². The SMILES string of the molecule is CCc1cc(OC)ccc1-c1ccc(C[C@H](NC(=O)[C@@H]2CC(=O)NCCCC[C@H](NC(=O)CNC(=O)[C@H](CCC(=O)O)NC(=O)C(C)(C)NC(=O)[C@@H](N)Cc3cnc[nH]3)C(=O)N[C@@](C)(Cc3ccccc3F)C(=O)N[C@@H]([C@@H](C)O)C(=O)N[C@@H](CO)C(=O)N2)C(=O)N[C@@H](CCCc2ccccc2)C(N)=O)cc1. The highest BCUT2D eigenvalue weighted by Crippen LogP contribution is 2.29. The number of nitrogens with one attached hydrogen (secondary N) is 12. The third-order valence-electron chi connectivity index (χ3n) is 17.7. The lowest BCUT2D eigenvalue weighted by Gasteiger charge is -2.34. The molecule has 0 radical (unpaired) electrons. The van der Waals surface area contributed by atoms with Gasteiger partial charge in [0.2, 0.25) is 70.9 Å². The summed E-state index contributed by atoms with van der Waals surface area (Å²) in [5.41, 5.74) is 12.4. The van der Waals surface area contributed by atoms with Crippen molar-refractivity contribution >= 4 is 76.9 Å². The van der Waals surface area contributed by atoms with Crippen molar-refractivity contribution in [2.45, 2.75) is 184 Å². The number of aromatic nitrogens is 2. The lowest BCUT2D eigenvalue weighted by atomic mass is 9.90. The van der Waals surface area contributed by atoms with Crippen molar-refractivity contribution in [2.75, 3.05) is 26.8 Å². The molecule has 0 aliphatic carbocycles. The molecule has 572 valence electrons. The number of carboxylic acids is 1. The van der Waals surface area contributed by atoms with Gasteiger partial charge in [0.1, 0.15) is 64.9 Å². The first kappa shape index (κ1) is 83.8. The molecule has 1 aliphatic rings. The Hall–Kier alpha value is -11.2. The number of H-pyrrole nitrogens is 1. The van der Waals surface area contributed by atoms with E-state index in [4.69, 9.17) is 16.2 Å². The van der Waals surface area contributed by atoms with E-state index in [2.05, 4.69) is 68.5 Å². The van der Waals surface area contributed by atoms with E-state index >= 15 is 4.39 Å². The zero-order valence-corrected chi connectivity index (χ0v) is 59.9. The lowest BCUT2D eigenvalue weighted by Crippen LogP contribution is -2.66. The third kappa shape index (κ3) is 25.6. The number of imidazole rings is 1. The fourth-order valence-electron chi connectivity index (χ4n) is 11.5. The average Bonchev–Trinajstić information content (AvgIpc) is 0.871. The second-order valence-electron chi connectivity index (χ2n) is 26.6. The number of aromatic amines is 1. The number of halogens is 1. The Labute approximate surface area is 611 Å². The van der Waals surface area contributed by atoms with Gasteiger partial charge in [-0.3, -0.25) is 62.3 Å². The number of aliphatic hydroxyl groups is 2. The predicted octanol–water partition coefficient (Wildman–Crippen LogP) is -1.14. The Morgan fingerprint density at radius 1 is 0.792 bits per heavy atom. The highest BCUT2D eigenvalue weighted by atomic mass is 19.1. The molecule has 106 heavy (non-hydrogen) atoms. The van der Waals surface area contributed by atoms with Gasteiger partial charge in [-0.25, -0.2) is 9.37 Å². The van der Waals surface area contributed by atoms with E-state index < -0.39 is 187 Å². The largest absolute Gasteiger partial charge is 0.497 e. The van der Waals surface area contributed by atoms with Crippen molar-refractivity contribution in [3.8, 4) is 16.9 Å².